The zero-order valence-corrected chi connectivity index (χ0v) is 18.4. The monoisotopic (exact) mass is 429 g/mol. The minimum absolute atomic E-state index is 0.164. The molecule has 1 spiro atoms. The van der Waals surface area contributed by atoms with Crippen molar-refractivity contribution in [3.05, 3.63) is 40.4 Å². The van der Waals surface area contributed by atoms with E-state index in [0.717, 1.165) is 74.2 Å². The van der Waals surface area contributed by atoms with Gasteiger partial charge in [0, 0.05) is 36.0 Å². The summed E-state index contributed by atoms with van der Waals surface area (Å²) in [4.78, 5) is 16.2. The number of likely N-dealkylation sites (tertiary alicyclic amines) is 1. The van der Waals surface area contributed by atoms with Gasteiger partial charge in [0.05, 0.1) is 18.8 Å². The third-order valence-electron chi connectivity index (χ3n) is 6.65. The molecule has 2 fully saturated rings. The highest BCUT2D eigenvalue weighted by Crippen LogP contribution is 2.56. The van der Waals surface area contributed by atoms with Gasteiger partial charge < -0.3 is 9.64 Å². The SMILES string of the molecule is CCCCOC(=O)N1CC2(CC(c3nnc4n3-c3ccc(Cl)cc3CN(C)C4)C2)C1. The largest absolute Gasteiger partial charge is 0.449 e. The molecule has 1 amide bonds. The first-order chi connectivity index (χ1) is 14.5. The maximum atomic E-state index is 12.1. The summed E-state index contributed by atoms with van der Waals surface area (Å²) in [6.07, 6.45) is 3.88. The van der Waals surface area contributed by atoms with Crippen LogP contribution in [0.1, 0.15) is 55.7 Å². The average molecular weight is 430 g/mol. The Kier molecular flexibility index (Phi) is 4.98. The topological polar surface area (TPSA) is 63.5 Å². The van der Waals surface area contributed by atoms with Crippen molar-refractivity contribution in [3.8, 4) is 5.69 Å². The number of benzene rings is 1. The van der Waals surface area contributed by atoms with Gasteiger partial charge in [-0.3, -0.25) is 9.47 Å². The van der Waals surface area contributed by atoms with Crippen molar-refractivity contribution in [3.63, 3.8) is 0 Å². The van der Waals surface area contributed by atoms with Crippen molar-refractivity contribution in [1.82, 2.24) is 24.6 Å². The summed E-state index contributed by atoms with van der Waals surface area (Å²) < 4.78 is 7.58. The second kappa shape index (κ2) is 7.54. The van der Waals surface area contributed by atoms with Crippen molar-refractivity contribution in [2.75, 3.05) is 26.7 Å². The maximum Gasteiger partial charge on any atom is 0.409 e. The summed E-state index contributed by atoms with van der Waals surface area (Å²) in [6.45, 7) is 5.80. The highest BCUT2D eigenvalue weighted by atomic mass is 35.5. The fourth-order valence-corrected chi connectivity index (χ4v) is 5.36. The fourth-order valence-electron chi connectivity index (χ4n) is 5.16. The molecular weight excluding hydrogens is 402 g/mol. The van der Waals surface area contributed by atoms with Gasteiger partial charge in [-0.15, -0.1) is 10.2 Å². The Labute approximate surface area is 182 Å². The van der Waals surface area contributed by atoms with E-state index in [1.165, 1.54) is 5.56 Å². The number of aromatic nitrogens is 3. The molecule has 5 rings (SSSR count). The van der Waals surface area contributed by atoms with Crippen molar-refractivity contribution in [1.29, 1.82) is 0 Å². The molecule has 3 heterocycles. The molecule has 160 valence electrons. The van der Waals surface area contributed by atoms with Gasteiger partial charge in [-0.1, -0.05) is 24.9 Å². The van der Waals surface area contributed by atoms with Crippen LogP contribution in [0, 0.1) is 5.41 Å². The molecule has 8 heteroatoms. The minimum Gasteiger partial charge on any atom is -0.449 e. The molecule has 0 bridgehead atoms. The van der Waals surface area contributed by atoms with E-state index in [-0.39, 0.29) is 11.5 Å². The molecule has 2 aromatic rings. The molecule has 0 N–H and O–H groups in total. The van der Waals surface area contributed by atoms with Crippen LogP contribution in [-0.2, 0) is 17.8 Å². The van der Waals surface area contributed by atoms with Crippen LogP contribution in [0.4, 0.5) is 4.79 Å². The molecule has 1 saturated carbocycles. The molecule has 3 aliphatic rings. The van der Waals surface area contributed by atoms with Gasteiger partial charge in [-0.05, 0) is 50.1 Å². The van der Waals surface area contributed by atoms with Gasteiger partial charge in [0.2, 0.25) is 0 Å². The van der Waals surface area contributed by atoms with Crippen molar-refractivity contribution >= 4 is 17.7 Å². The first-order valence-corrected chi connectivity index (χ1v) is 11.2. The highest BCUT2D eigenvalue weighted by molar-refractivity contribution is 6.30. The number of ether oxygens (including phenoxy) is 1. The molecule has 2 aliphatic heterocycles. The van der Waals surface area contributed by atoms with Crippen LogP contribution < -0.4 is 0 Å². The van der Waals surface area contributed by atoms with Crippen LogP contribution in [0.15, 0.2) is 18.2 Å². The first kappa shape index (κ1) is 19.8. The van der Waals surface area contributed by atoms with E-state index < -0.39 is 0 Å². The number of carbonyl (C=O) groups excluding carboxylic acids is 1. The summed E-state index contributed by atoms with van der Waals surface area (Å²) in [5.74, 6) is 2.39. The number of rotatable bonds is 4. The predicted octanol–water partition coefficient (Wildman–Crippen LogP) is 3.98. The van der Waals surface area contributed by atoms with E-state index in [0.29, 0.717) is 12.5 Å². The lowest BCUT2D eigenvalue weighted by Gasteiger charge is -2.58. The van der Waals surface area contributed by atoms with E-state index >= 15 is 0 Å². The van der Waals surface area contributed by atoms with E-state index in [9.17, 15) is 4.79 Å². The maximum absolute atomic E-state index is 12.1. The first-order valence-electron chi connectivity index (χ1n) is 10.8. The zero-order valence-electron chi connectivity index (χ0n) is 17.6. The van der Waals surface area contributed by atoms with E-state index in [2.05, 4.69) is 39.7 Å². The Morgan fingerprint density at radius 2 is 2.07 bits per heavy atom. The molecule has 0 radical (unpaired) electrons. The van der Waals surface area contributed by atoms with Gasteiger partial charge in [0.25, 0.3) is 0 Å². The summed E-state index contributed by atoms with van der Waals surface area (Å²) in [7, 11) is 2.09. The number of nitrogens with zero attached hydrogens (tertiary/aromatic N) is 5. The molecule has 0 unspecified atom stereocenters. The quantitative estimate of drug-likeness (QED) is 0.688. The van der Waals surface area contributed by atoms with Crippen LogP contribution in [0.3, 0.4) is 0 Å². The number of fused-ring (bicyclic) bond motifs is 3. The number of carbonyl (C=O) groups is 1. The number of amides is 1. The normalized spacial score (nSPS) is 20.2. The highest BCUT2D eigenvalue weighted by Gasteiger charge is 2.55. The molecule has 1 aromatic heterocycles. The van der Waals surface area contributed by atoms with Crippen molar-refractivity contribution in [2.24, 2.45) is 5.41 Å². The van der Waals surface area contributed by atoms with Gasteiger partial charge in [-0.2, -0.15) is 0 Å². The summed E-state index contributed by atoms with van der Waals surface area (Å²) in [5.41, 5.74) is 2.56. The Morgan fingerprint density at radius 1 is 1.27 bits per heavy atom. The summed E-state index contributed by atoms with van der Waals surface area (Å²) in [6, 6.07) is 6.07. The van der Waals surface area contributed by atoms with Crippen LogP contribution in [0.25, 0.3) is 5.69 Å². The van der Waals surface area contributed by atoms with Gasteiger partial charge >= 0.3 is 6.09 Å². The number of unbranched alkanes of at least 4 members (excludes halogenated alkanes) is 1. The zero-order chi connectivity index (χ0) is 20.9. The van der Waals surface area contributed by atoms with Crippen LogP contribution in [0.2, 0.25) is 5.02 Å². The lowest BCUT2D eigenvalue weighted by molar-refractivity contribution is -0.0666. The second-order valence-corrected chi connectivity index (χ2v) is 9.62. The smallest absolute Gasteiger partial charge is 0.409 e. The molecular formula is C22H28ClN5O2. The molecule has 1 aromatic carbocycles. The number of hydrogen-bond donors (Lipinski definition) is 0. The summed E-state index contributed by atoms with van der Waals surface area (Å²) in [5, 5.41) is 9.87. The van der Waals surface area contributed by atoms with Gasteiger partial charge in [-0.25, -0.2) is 4.79 Å². The number of hydrogen-bond acceptors (Lipinski definition) is 5. The summed E-state index contributed by atoms with van der Waals surface area (Å²) >= 11 is 6.26. The molecule has 7 nitrogen and oxygen atoms in total. The van der Waals surface area contributed by atoms with E-state index in [1.54, 1.807) is 0 Å². The molecule has 1 aliphatic carbocycles. The van der Waals surface area contributed by atoms with Gasteiger partial charge in [0.1, 0.15) is 5.82 Å². The molecule has 30 heavy (non-hydrogen) atoms. The Bertz CT molecular complexity index is 960. The molecule has 1 saturated heterocycles. The van der Waals surface area contributed by atoms with E-state index in [1.807, 2.05) is 17.0 Å². The van der Waals surface area contributed by atoms with Gasteiger partial charge in [0.15, 0.2) is 5.82 Å². The fraction of sp³-hybridized carbons (Fsp3) is 0.591. The molecule has 0 atom stereocenters. The Balaban J connectivity index is 1.29. The number of halogens is 1. The van der Waals surface area contributed by atoms with E-state index in [4.69, 9.17) is 16.3 Å². The van der Waals surface area contributed by atoms with Crippen LogP contribution in [-0.4, -0.2) is 57.4 Å². The van der Waals surface area contributed by atoms with Crippen molar-refractivity contribution < 1.29 is 9.53 Å². The average Bonchev–Trinajstić information content (AvgIpc) is 2.96. The lowest BCUT2D eigenvalue weighted by Crippen LogP contribution is -2.63. The van der Waals surface area contributed by atoms with Crippen LogP contribution in [0.5, 0.6) is 0 Å². The standard InChI is InChI=1S/C22H28ClN5O2/c1-3-4-7-30-21(29)27-13-22(14-27)9-16(10-22)20-25-24-19-12-26(2)11-15-8-17(23)5-6-18(15)28(19)20/h5-6,8,16H,3-4,7,9-14H2,1-2H3. The Morgan fingerprint density at radius 3 is 2.83 bits per heavy atom. The minimum atomic E-state index is -0.164. The van der Waals surface area contributed by atoms with Crippen LogP contribution >= 0.6 is 11.6 Å². The predicted molar refractivity (Wildman–Crippen MR) is 114 cm³/mol. The third kappa shape index (κ3) is 3.38. The lowest BCUT2D eigenvalue weighted by atomic mass is 9.57. The van der Waals surface area contributed by atoms with Crippen molar-refractivity contribution in [2.45, 2.75) is 51.6 Å². The third-order valence-corrected chi connectivity index (χ3v) is 6.88. The Hall–Kier alpha value is -2.12. The second-order valence-electron chi connectivity index (χ2n) is 9.18.